The van der Waals surface area contributed by atoms with Crippen molar-refractivity contribution in [2.75, 3.05) is 24.7 Å². The maximum Gasteiger partial charge on any atom is 0.254 e. The molecule has 1 aliphatic heterocycles. The lowest BCUT2D eigenvalue weighted by atomic mass is 10.1. The standard InChI is InChI=1S/C13H17NO5S/c15-7-6-14(11-8-20(18,19)9-12(11)16)13(17)10-4-2-1-3-5-10/h1-5,11-12,15-16H,6-9H2/t11-,12+/m1/s1. The molecule has 7 heteroatoms. The summed E-state index contributed by atoms with van der Waals surface area (Å²) < 4.78 is 23.1. The van der Waals surface area contributed by atoms with Crippen LogP contribution in [0.3, 0.4) is 0 Å². The lowest BCUT2D eigenvalue weighted by Crippen LogP contribution is -2.48. The van der Waals surface area contributed by atoms with Gasteiger partial charge in [0.25, 0.3) is 5.91 Å². The van der Waals surface area contributed by atoms with Crippen LogP contribution in [0.15, 0.2) is 30.3 Å². The lowest BCUT2D eigenvalue weighted by Gasteiger charge is -2.29. The van der Waals surface area contributed by atoms with Gasteiger partial charge in [0.15, 0.2) is 9.84 Å². The van der Waals surface area contributed by atoms with Crippen molar-refractivity contribution in [3.8, 4) is 0 Å². The summed E-state index contributed by atoms with van der Waals surface area (Å²) in [6, 6.07) is 7.59. The minimum absolute atomic E-state index is 0.00895. The largest absolute Gasteiger partial charge is 0.395 e. The smallest absolute Gasteiger partial charge is 0.254 e. The summed E-state index contributed by atoms with van der Waals surface area (Å²) in [6.07, 6.45) is -1.11. The minimum atomic E-state index is -3.35. The van der Waals surface area contributed by atoms with Crippen LogP contribution in [0.2, 0.25) is 0 Å². The highest BCUT2D eigenvalue weighted by molar-refractivity contribution is 7.91. The number of hydrogen-bond donors (Lipinski definition) is 2. The van der Waals surface area contributed by atoms with Gasteiger partial charge in [-0.3, -0.25) is 4.79 Å². The first-order chi connectivity index (χ1) is 9.44. The molecule has 2 rings (SSSR count). The zero-order chi connectivity index (χ0) is 14.8. The summed E-state index contributed by atoms with van der Waals surface area (Å²) in [5, 5.41) is 18.9. The van der Waals surface area contributed by atoms with Gasteiger partial charge in [0.1, 0.15) is 0 Å². The molecule has 0 bridgehead atoms. The highest BCUT2D eigenvalue weighted by Gasteiger charge is 2.41. The first-order valence-electron chi connectivity index (χ1n) is 6.30. The van der Waals surface area contributed by atoms with E-state index in [0.717, 1.165) is 0 Å². The van der Waals surface area contributed by atoms with Gasteiger partial charge < -0.3 is 15.1 Å². The molecule has 0 spiro atoms. The van der Waals surface area contributed by atoms with Crippen LogP contribution in [0.1, 0.15) is 10.4 Å². The number of benzene rings is 1. The Morgan fingerprint density at radius 1 is 1.25 bits per heavy atom. The van der Waals surface area contributed by atoms with E-state index in [9.17, 15) is 18.3 Å². The van der Waals surface area contributed by atoms with Crippen LogP contribution >= 0.6 is 0 Å². The summed E-state index contributed by atoms with van der Waals surface area (Å²) in [6.45, 7) is -0.299. The van der Waals surface area contributed by atoms with E-state index in [2.05, 4.69) is 0 Å². The number of aliphatic hydroxyl groups is 2. The summed E-state index contributed by atoms with van der Waals surface area (Å²) in [5.74, 6) is -1.00. The SMILES string of the molecule is O=C(c1ccccc1)N(CCO)[C@@H]1CS(=O)(=O)C[C@@H]1O. The molecule has 1 aromatic rings. The monoisotopic (exact) mass is 299 g/mol. The second-order valence-electron chi connectivity index (χ2n) is 4.80. The van der Waals surface area contributed by atoms with Gasteiger partial charge in [-0.1, -0.05) is 18.2 Å². The highest BCUT2D eigenvalue weighted by Crippen LogP contribution is 2.20. The molecular formula is C13H17NO5S. The Bertz CT molecular complexity index is 572. The molecule has 1 fully saturated rings. The predicted octanol–water partition coefficient (Wildman–Crippen LogP) is -0.721. The van der Waals surface area contributed by atoms with E-state index in [0.29, 0.717) is 5.56 Å². The Hall–Kier alpha value is -1.44. The van der Waals surface area contributed by atoms with E-state index in [1.807, 2.05) is 0 Å². The van der Waals surface area contributed by atoms with Crippen LogP contribution in [-0.4, -0.2) is 66.2 Å². The molecular weight excluding hydrogens is 282 g/mol. The number of hydrogen-bond acceptors (Lipinski definition) is 5. The summed E-state index contributed by atoms with van der Waals surface area (Å²) in [5.41, 5.74) is 0.400. The molecule has 110 valence electrons. The van der Waals surface area contributed by atoms with E-state index in [1.165, 1.54) is 4.90 Å². The molecule has 1 amide bonds. The molecule has 1 heterocycles. The van der Waals surface area contributed by atoms with Crippen LogP contribution in [0.4, 0.5) is 0 Å². The van der Waals surface area contributed by atoms with Crippen molar-refractivity contribution in [2.45, 2.75) is 12.1 Å². The van der Waals surface area contributed by atoms with E-state index in [1.54, 1.807) is 30.3 Å². The predicted molar refractivity (Wildman–Crippen MR) is 73.0 cm³/mol. The van der Waals surface area contributed by atoms with E-state index in [-0.39, 0.29) is 30.6 Å². The second-order valence-corrected chi connectivity index (χ2v) is 6.95. The number of aliphatic hydroxyl groups excluding tert-OH is 2. The van der Waals surface area contributed by atoms with Crippen molar-refractivity contribution in [1.82, 2.24) is 4.90 Å². The number of carbonyl (C=O) groups is 1. The topological polar surface area (TPSA) is 94.9 Å². The number of carbonyl (C=O) groups excluding carboxylic acids is 1. The Kier molecular flexibility index (Phi) is 4.42. The van der Waals surface area contributed by atoms with Gasteiger partial charge in [0.2, 0.25) is 0 Å². The third-order valence-electron chi connectivity index (χ3n) is 3.32. The van der Waals surface area contributed by atoms with Crippen molar-refractivity contribution in [1.29, 1.82) is 0 Å². The van der Waals surface area contributed by atoms with Gasteiger partial charge in [0, 0.05) is 12.1 Å². The Morgan fingerprint density at radius 2 is 1.90 bits per heavy atom. The first kappa shape index (κ1) is 15.0. The molecule has 20 heavy (non-hydrogen) atoms. The zero-order valence-electron chi connectivity index (χ0n) is 10.8. The molecule has 0 aliphatic carbocycles. The Labute approximate surface area is 117 Å². The zero-order valence-corrected chi connectivity index (χ0v) is 11.7. The summed E-state index contributed by atoms with van der Waals surface area (Å²) in [7, 11) is -3.35. The quantitative estimate of drug-likeness (QED) is 0.765. The number of rotatable bonds is 4. The molecule has 2 N–H and O–H groups in total. The van der Waals surface area contributed by atoms with E-state index in [4.69, 9.17) is 5.11 Å². The molecule has 1 saturated heterocycles. The van der Waals surface area contributed by atoms with Gasteiger partial charge >= 0.3 is 0 Å². The molecule has 2 atom stereocenters. The number of nitrogens with zero attached hydrogens (tertiary/aromatic N) is 1. The van der Waals surface area contributed by atoms with Crippen LogP contribution in [0.25, 0.3) is 0 Å². The Balaban J connectivity index is 2.26. The fourth-order valence-corrected chi connectivity index (χ4v) is 4.18. The minimum Gasteiger partial charge on any atom is -0.395 e. The fraction of sp³-hybridized carbons (Fsp3) is 0.462. The Morgan fingerprint density at radius 3 is 2.40 bits per heavy atom. The van der Waals surface area contributed by atoms with Crippen molar-refractivity contribution in [2.24, 2.45) is 0 Å². The normalized spacial score (nSPS) is 24.5. The molecule has 1 aromatic carbocycles. The van der Waals surface area contributed by atoms with Crippen molar-refractivity contribution >= 4 is 15.7 Å². The molecule has 0 aromatic heterocycles. The number of sulfone groups is 1. The molecule has 0 saturated carbocycles. The van der Waals surface area contributed by atoms with Crippen LogP contribution in [0.5, 0.6) is 0 Å². The molecule has 6 nitrogen and oxygen atoms in total. The fourth-order valence-electron chi connectivity index (χ4n) is 2.38. The third kappa shape index (κ3) is 3.17. The molecule has 0 unspecified atom stereocenters. The van der Waals surface area contributed by atoms with Crippen LogP contribution in [0, 0.1) is 0 Å². The first-order valence-corrected chi connectivity index (χ1v) is 8.12. The van der Waals surface area contributed by atoms with Crippen molar-refractivity contribution in [3.05, 3.63) is 35.9 Å². The van der Waals surface area contributed by atoms with Crippen molar-refractivity contribution < 1.29 is 23.4 Å². The van der Waals surface area contributed by atoms with Crippen LogP contribution < -0.4 is 0 Å². The highest BCUT2D eigenvalue weighted by atomic mass is 32.2. The summed E-state index contributed by atoms with van der Waals surface area (Å²) in [4.78, 5) is 13.6. The van der Waals surface area contributed by atoms with Crippen LogP contribution in [-0.2, 0) is 9.84 Å². The average Bonchev–Trinajstić information content (AvgIpc) is 2.69. The van der Waals surface area contributed by atoms with Gasteiger partial charge in [-0.2, -0.15) is 0 Å². The van der Waals surface area contributed by atoms with Gasteiger partial charge in [0.05, 0.1) is 30.3 Å². The van der Waals surface area contributed by atoms with Gasteiger partial charge in [-0.05, 0) is 12.1 Å². The van der Waals surface area contributed by atoms with E-state index >= 15 is 0 Å². The lowest BCUT2D eigenvalue weighted by molar-refractivity contribution is 0.0451. The molecule has 0 radical (unpaired) electrons. The van der Waals surface area contributed by atoms with Gasteiger partial charge in [-0.15, -0.1) is 0 Å². The van der Waals surface area contributed by atoms with Crippen molar-refractivity contribution in [3.63, 3.8) is 0 Å². The second kappa shape index (κ2) is 5.90. The van der Waals surface area contributed by atoms with Gasteiger partial charge in [-0.25, -0.2) is 8.42 Å². The molecule has 1 aliphatic rings. The average molecular weight is 299 g/mol. The summed E-state index contributed by atoms with van der Waals surface area (Å²) >= 11 is 0. The third-order valence-corrected chi connectivity index (χ3v) is 5.02. The van der Waals surface area contributed by atoms with E-state index < -0.39 is 22.0 Å². The maximum atomic E-state index is 12.4. The maximum absolute atomic E-state index is 12.4. The number of amides is 1.